The lowest BCUT2D eigenvalue weighted by Gasteiger charge is -2.38. The molecule has 14 heteroatoms. The van der Waals surface area contributed by atoms with Crippen molar-refractivity contribution in [2.24, 2.45) is 0 Å². The lowest BCUT2D eigenvalue weighted by molar-refractivity contribution is 0.119. The highest BCUT2D eigenvalue weighted by atomic mass is 35.5. The number of ether oxygens (including phenoxy) is 1. The van der Waals surface area contributed by atoms with E-state index in [-0.39, 0.29) is 49.3 Å². The average molecular weight is 710 g/mol. The average Bonchev–Trinajstić information content (AvgIpc) is 2.99. The zero-order valence-corrected chi connectivity index (χ0v) is 28.8. The van der Waals surface area contributed by atoms with Crippen molar-refractivity contribution < 1.29 is 17.9 Å². The summed E-state index contributed by atoms with van der Waals surface area (Å²) >= 11 is 0. The number of halogens is 3. The summed E-state index contributed by atoms with van der Waals surface area (Å²) in [4.78, 5) is 26.5. The van der Waals surface area contributed by atoms with Crippen LogP contribution in [0.5, 0.6) is 11.5 Å². The molecule has 10 nitrogen and oxygen atoms in total. The molecule has 1 aliphatic rings. The van der Waals surface area contributed by atoms with Crippen LogP contribution in [0.2, 0.25) is 0 Å². The van der Waals surface area contributed by atoms with Crippen LogP contribution in [0.25, 0.3) is 0 Å². The molecule has 1 saturated heterocycles. The quantitative estimate of drug-likeness (QED) is 0.184. The summed E-state index contributed by atoms with van der Waals surface area (Å²) in [6.45, 7) is 4.90. The Labute approximate surface area is 289 Å². The second-order valence-corrected chi connectivity index (χ2v) is 12.5. The van der Waals surface area contributed by atoms with Crippen molar-refractivity contribution in [2.75, 3.05) is 29.4 Å². The van der Waals surface area contributed by atoms with Crippen LogP contribution < -0.4 is 14.8 Å². The Hall–Kier alpha value is -3.61. The van der Waals surface area contributed by atoms with Crippen molar-refractivity contribution in [3.63, 3.8) is 0 Å². The SMILES string of the molecule is Cc1ccc(NC(=O)N(Cc2ccccn2)C2CCN(Cc3ccc(Oc4ccc(NS(C)(=O)=O)cc4)cc3)CC2)cn1.Cl.Cl.Cl. The molecule has 0 atom stereocenters. The number of sulfonamides is 1. The van der Waals surface area contributed by atoms with Gasteiger partial charge in [-0.05, 0) is 86.0 Å². The Morgan fingerprint density at radius 3 is 2.09 bits per heavy atom. The molecule has 46 heavy (non-hydrogen) atoms. The van der Waals surface area contributed by atoms with Crippen molar-refractivity contribution in [3.8, 4) is 11.5 Å². The fraction of sp³-hybridized carbons (Fsp3) is 0.281. The summed E-state index contributed by atoms with van der Waals surface area (Å²) < 4.78 is 31.2. The molecule has 3 heterocycles. The summed E-state index contributed by atoms with van der Waals surface area (Å²) in [6, 6.07) is 24.2. The third-order valence-electron chi connectivity index (χ3n) is 7.20. The second kappa shape index (κ2) is 17.9. The Kier molecular flexibility index (Phi) is 15.0. The number of benzene rings is 2. The number of piperidine rings is 1. The minimum absolute atomic E-state index is 0. The van der Waals surface area contributed by atoms with E-state index in [1.54, 1.807) is 36.7 Å². The fourth-order valence-corrected chi connectivity index (χ4v) is 5.59. The topological polar surface area (TPSA) is 117 Å². The third kappa shape index (κ3) is 11.6. The van der Waals surface area contributed by atoms with E-state index in [0.29, 0.717) is 29.4 Å². The number of rotatable bonds is 10. The number of nitrogens with zero attached hydrogens (tertiary/aromatic N) is 4. The van der Waals surface area contributed by atoms with E-state index in [2.05, 4.69) is 37.0 Å². The van der Waals surface area contributed by atoms with Gasteiger partial charge in [0.25, 0.3) is 0 Å². The zero-order chi connectivity index (χ0) is 30.2. The normalized spacial score (nSPS) is 13.3. The maximum Gasteiger partial charge on any atom is 0.322 e. The van der Waals surface area contributed by atoms with Crippen LogP contribution in [0.4, 0.5) is 16.2 Å². The number of carbonyl (C=O) groups excluding carboxylic acids is 1. The van der Waals surface area contributed by atoms with Crippen LogP contribution in [-0.2, 0) is 23.1 Å². The van der Waals surface area contributed by atoms with Crippen LogP contribution in [0.1, 0.15) is 29.8 Å². The zero-order valence-electron chi connectivity index (χ0n) is 25.5. The molecule has 0 aliphatic carbocycles. The number of hydrogen-bond acceptors (Lipinski definition) is 7. The van der Waals surface area contributed by atoms with Gasteiger partial charge >= 0.3 is 6.03 Å². The molecule has 2 aromatic carbocycles. The van der Waals surface area contributed by atoms with E-state index >= 15 is 0 Å². The number of aromatic nitrogens is 2. The van der Waals surface area contributed by atoms with Crippen LogP contribution in [0, 0.1) is 6.92 Å². The third-order valence-corrected chi connectivity index (χ3v) is 7.81. The molecule has 0 bridgehead atoms. The van der Waals surface area contributed by atoms with Gasteiger partial charge in [-0.1, -0.05) is 18.2 Å². The summed E-state index contributed by atoms with van der Waals surface area (Å²) in [6.07, 6.45) is 6.27. The van der Waals surface area contributed by atoms with E-state index in [9.17, 15) is 13.2 Å². The molecule has 0 radical (unpaired) electrons. The molecule has 0 spiro atoms. The number of amides is 2. The predicted octanol–water partition coefficient (Wildman–Crippen LogP) is 6.91. The smallest absolute Gasteiger partial charge is 0.322 e. The van der Waals surface area contributed by atoms with Gasteiger partial charge < -0.3 is 15.0 Å². The molecule has 2 N–H and O–H groups in total. The molecule has 1 aliphatic heterocycles. The predicted molar refractivity (Wildman–Crippen MR) is 189 cm³/mol. The number of urea groups is 1. The first-order valence-corrected chi connectivity index (χ1v) is 16.1. The van der Waals surface area contributed by atoms with Crippen molar-refractivity contribution in [1.29, 1.82) is 0 Å². The fourth-order valence-electron chi connectivity index (χ4n) is 5.02. The molecule has 1 fully saturated rings. The molecule has 0 unspecified atom stereocenters. The van der Waals surface area contributed by atoms with Crippen LogP contribution in [0.15, 0.2) is 91.3 Å². The number of anilines is 2. The molecule has 248 valence electrons. The van der Waals surface area contributed by atoms with Gasteiger partial charge in [-0.3, -0.25) is 19.6 Å². The molecule has 2 aromatic heterocycles. The maximum atomic E-state index is 13.4. The second-order valence-electron chi connectivity index (χ2n) is 10.7. The maximum absolute atomic E-state index is 13.4. The highest BCUT2D eigenvalue weighted by Gasteiger charge is 2.28. The lowest BCUT2D eigenvalue weighted by Crippen LogP contribution is -2.48. The highest BCUT2D eigenvalue weighted by molar-refractivity contribution is 7.92. The van der Waals surface area contributed by atoms with Crippen LogP contribution >= 0.6 is 37.2 Å². The summed E-state index contributed by atoms with van der Waals surface area (Å²) in [5, 5.41) is 3.02. The van der Waals surface area contributed by atoms with E-state index < -0.39 is 10.0 Å². The van der Waals surface area contributed by atoms with Gasteiger partial charge in [0.05, 0.1) is 30.4 Å². The number of likely N-dealkylation sites (tertiary alicyclic amines) is 1. The number of nitrogens with one attached hydrogen (secondary N) is 2. The van der Waals surface area contributed by atoms with Crippen molar-refractivity contribution in [2.45, 2.75) is 38.9 Å². The van der Waals surface area contributed by atoms with Gasteiger partial charge in [-0.15, -0.1) is 37.2 Å². The van der Waals surface area contributed by atoms with E-state index in [1.165, 1.54) is 5.56 Å². The molecular weight excluding hydrogens is 671 g/mol. The van der Waals surface area contributed by atoms with E-state index in [1.807, 2.05) is 54.3 Å². The van der Waals surface area contributed by atoms with Gasteiger partial charge in [-0.25, -0.2) is 13.2 Å². The molecule has 2 amide bonds. The van der Waals surface area contributed by atoms with Crippen molar-refractivity contribution >= 4 is 64.7 Å². The number of hydrogen-bond donors (Lipinski definition) is 2. The first-order valence-electron chi connectivity index (χ1n) is 14.2. The largest absolute Gasteiger partial charge is 0.457 e. The number of carbonyl (C=O) groups is 1. The molecular formula is C32H39Cl3N6O4S. The monoisotopic (exact) mass is 708 g/mol. The highest BCUT2D eigenvalue weighted by Crippen LogP contribution is 2.25. The summed E-state index contributed by atoms with van der Waals surface area (Å²) in [5.74, 6) is 1.32. The lowest BCUT2D eigenvalue weighted by atomic mass is 10.0. The molecule has 5 rings (SSSR count). The summed E-state index contributed by atoms with van der Waals surface area (Å²) in [7, 11) is -3.32. The first kappa shape index (κ1) is 38.6. The Balaban J connectivity index is 0.00000245. The molecule has 0 saturated carbocycles. The standard InChI is InChI=1S/C32H36N6O4S.3ClH/c1-24-6-9-27(21-34-24)35-32(39)38(23-28-5-3-4-18-33-28)29-16-19-37(20-17-29)22-25-7-12-30(13-8-25)42-31-14-10-26(11-15-31)36-43(2,40)41;;;/h3-15,18,21,29,36H,16-17,19-20,22-23H2,1-2H3,(H,35,39);3*1H. The number of pyridine rings is 2. The Morgan fingerprint density at radius 1 is 0.891 bits per heavy atom. The Bertz CT molecular complexity index is 1610. The van der Waals surface area contributed by atoms with Gasteiger partial charge in [0.15, 0.2) is 0 Å². The van der Waals surface area contributed by atoms with Crippen molar-refractivity contribution in [3.05, 3.63) is 108 Å². The van der Waals surface area contributed by atoms with Gasteiger partial charge in [0.2, 0.25) is 10.0 Å². The Morgan fingerprint density at radius 2 is 1.52 bits per heavy atom. The summed E-state index contributed by atoms with van der Waals surface area (Å²) in [5.41, 5.74) is 4.08. The van der Waals surface area contributed by atoms with Gasteiger partial charge in [-0.2, -0.15) is 0 Å². The molecule has 4 aromatic rings. The van der Waals surface area contributed by atoms with Gasteiger partial charge in [0.1, 0.15) is 11.5 Å². The van der Waals surface area contributed by atoms with Crippen LogP contribution in [0.3, 0.4) is 0 Å². The van der Waals surface area contributed by atoms with Gasteiger partial charge in [0, 0.05) is 43.3 Å². The minimum atomic E-state index is -3.32. The first-order chi connectivity index (χ1) is 20.7. The van der Waals surface area contributed by atoms with Crippen LogP contribution in [-0.4, -0.2) is 59.6 Å². The minimum Gasteiger partial charge on any atom is -0.457 e. The van der Waals surface area contributed by atoms with E-state index in [4.69, 9.17) is 4.74 Å². The number of aryl methyl sites for hydroxylation is 1. The van der Waals surface area contributed by atoms with Crippen molar-refractivity contribution in [1.82, 2.24) is 19.8 Å². The van der Waals surface area contributed by atoms with E-state index in [0.717, 1.165) is 50.1 Å².